The number of para-hydroxylation sites is 1. The Morgan fingerprint density at radius 2 is 1.39 bits per heavy atom. The van der Waals surface area contributed by atoms with E-state index in [9.17, 15) is 26.4 Å². The molecule has 0 saturated heterocycles. The molecule has 3 aromatic carbocycles. The number of ether oxygens (including phenoxy) is 1. The summed E-state index contributed by atoms with van der Waals surface area (Å²) in [6, 6.07) is 19.4. The first kappa shape index (κ1) is 44.2. The van der Waals surface area contributed by atoms with E-state index in [0.29, 0.717) is 6.61 Å². The van der Waals surface area contributed by atoms with Gasteiger partial charge in [0.05, 0.1) is 28.8 Å². The van der Waals surface area contributed by atoms with Crippen LogP contribution in [-0.2, 0) is 29.6 Å². The molecular weight excluding hydrogens is 749 g/mol. The fraction of sp³-hybridized carbons (Fsp3) is 0.465. The number of hydrogen-bond acceptors (Lipinski definition) is 8. The minimum absolute atomic E-state index is 0.000267. The van der Waals surface area contributed by atoms with Crippen LogP contribution in [0.2, 0.25) is 0 Å². The molecule has 2 amide bonds. The summed E-state index contributed by atoms with van der Waals surface area (Å²) in [7, 11) is -8.40. The van der Waals surface area contributed by atoms with Crippen molar-refractivity contribution in [3.8, 4) is 5.75 Å². The normalized spacial score (nSPS) is 14.2. The highest BCUT2D eigenvalue weighted by molar-refractivity contribution is 7.90. The molecule has 0 radical (unpaired) electrons. The Morgan fingerprint density at radius 1 is 0.804 bits per heavy atom. The maximum absolute atomic E-state index is 14.0. The van der Waals surface area contributed by atoms with Crippen LogP contribution < -0.4 is 14.8 Å². The van der Waals surface area contributed by atoms with Crippen molar-refractivity contribution in [2.45, 2.75) is 127 Å². The van der Waals surface area contributed by atoms with Crippen molar-refractivity contribution in [3.63, 3.8) is 0 Å². The number of nitrogens with one attached hydrogen (secondary N) is 2. The molecule has 56 heavy (non-hydrogen) atoms. The number of rotatable bonds is 24. The predicted molar refractivity (Wildman–Crippen MR) is 224 cm³/mol. The lowest BCUT2D eigenvalue weighted by Crippen LogP contribution is -2.42. The Labute approximate surface area is 334 Å². The van der Waals surface area contributed by atoms with Gasteiger partial charge in [-0.1, -0.05) is 140 Å². The summed E-state index contributed by atoms with van der Waals surface area (Å²) in [4.78, 5) is 30.4. The molecule has 3 aromatic rings. The van der Waals surface area contributed by atoms with E-state index in [1.54, 1.807) is 24.3 Å². The molecule has 2 N–H and O–H groups in total. The summed E-state index contributed by atoms with van der Waals surface area (Å²) >= 11 is 0. The number of aliphatic imine (C=N–C) groups is 1. The Hall–Kier alpha value is -4.49. The van der Waals surface area contributed by atoms with Gasteiger partial charge in [-0.2, -0.15) is 0 Å². The lowest BCUT2D eigenvalue weighted by molar-refractivity contribution is -0.119. The van der Waals surface area contributed by atoms with E-state index in [1.807, 2.05) is 35.1 Å². The van der Waals surface area contributed by atoms with Gasteiger partial charge in [-0.3, -0.25) is 9.59 Å². The average molecular weight is 807 g/mol. The minimum Gasteiger partial charge on any atom is -0.491 e. The van der Waals surface area contributed by atoms with E-state index < -0.39 is 37.8 Å². The van der Waals surface area contributed by atoms with Crippen molar-refractivity contribution in [2.75, 3.05) is 11.9 Å². The second-order valence-corrected chi connectivity index (χ2v) is 17.6. The maximum Gasteiger partial charge on any atom is 0.271 e. The smallest absolute Gasteiger partial charge is 0.271 e. The van der Waals surface area contributed by atoms with Gasteiger partial charge in [0.2, 0.25) is 11.8 Å². The summed E-state index contributed by atoms with van der Waals surface area (Å²) in [6.07, 6.45) is 20.0. The van der Waals surface area contributed by atoms with E-state index in [4.69, 9.17) is 4.74 Å². The summed E-state index contributed by atoms with van der Waals surface area (Å²) < 4.78 is 63.1. The molecule has 0 spiro atoms. The molecule has 0 aromatic heterocycles. The molecule has 1 heterocycles. The van der Waals surface area contributed by atoms with E-state index in [-0.39, 0.29) is 39.2 Å². The third-order valence-electron chi connectivity index (χ3n) is 9.69. The van der Waals surface area contributed by atoms with E-state index in [1.165, 1.54) is 109 Å². The number of carbonyl (C=O) groups is 2. The summed E-state index contributed by atoms with van der Waals surface area (Å²) in [5.41, 5.74) is 1.00. The van der Waals surface area contributed by atoms with Gasteiger partial charge in [-0.25, -0.2) is 30.9 Å². The number of amides is 2. The van der Waals surface area contributed by atoms with E-state index >= 15 is 0 Å². The number of amidine groups is 1. The zero-order valence-electron chi connectivity index (χ0n) is 33.0. The van der Waals surface area contributed by atoms with E-state index in [2.05, 4.69) is 17.2 Å². The predicted octanol–water partition coefficient (Wildman–Crippen LogP) is 9.74. The first-order valence-electron chi connectivity index (χ1n) is 20.1. The number of anilines is 1. The van der Waals surface area contributed by atoms with Gasteiger partial charge < -0.3 is 10.1 Å². The van der Waals surface area contributed by atoms with E-state index in [0.717, 1.165) is 35.6 Å². The fourth-order valence-corrected chi connectivity index (χ4v) is 8.94. The van der Waals surface area contributed by atoms with Crippen LogP contribution in [-0.4, -0.2) is 45.4 Å². The van der Waals surface area contributed by atoms with Gasteiger partial charge in [-0.05, 0) is 55.3 Å². The van der Waals surface area contributed by atoms with Crippen molar-refractivity contribution in [1.82, 2.24) is 9.03 Å². The summed E-state index contributed by atoms with van der Waals surface area (Å²) in [5.74, 6) is -2.26. The molecule has 1 aliphatic heterocycles. The molecule has 1 unspecified atom stereocenters. The zero-order chi connectivity index (χ0) is 40.4. The maximum atomic E-state index is 14.0. The van der Waals surface area contributed by atoms with Crippen molar-refractivity contribution < 1.29 is 31.2 Å². The fourth-order valence-electron chi connectivity index (χ4n) is 6.35. The second-order valence-electron chi connectivity index (χ2n) is 14.2. The van der Waals surface area contributed by atoms with Crippen LogP contribution in [0.25, 0.3) is 6.08 Å². The standard InChI is InChI=1S/C43H58N4O7S2/c1-4-6-7-8-9-10-11-12-13-14-15-16-17-23-32-54-39-29-28-36(55(50,51)46-41(48)5-2)33-38(39)45-43(49)34(3)42-44-37-26-21-22-27-40(37)56(52,53)47(42)31-30-35-24-19-18-20-25-35/h18-22,24-31,33-34H,4-17,23,32H2,1-3H3,(H,45,49)(H,46,48). The molecule has 0 fully saturated rings. The van der Waals surface area contributed by atoms with Crippen LogP contribution in [0.1, 0.15) is 123 Å². The molecule has 0 bridgehead atoms. The lowest BCUT2D eigenvalue weighted by Gasteiger charge is -2.30. The zero-order valence-corrected chi connectivity index (χ0v) is 34.7. The first-order chi connectivity index (χ1) is 27.0. The number of benzene rings is 3. The number of carbonyl (C=O) groups excluding carboxylic acids is 2. The van der Waals surface area contributed by atoms with Gasteiger partial charge in [-0.15, -0.1) is 0 Å². The monoisotopic (exact) mass is 806 g/mol. The number of sulfonamides is 2. The lowest BCUT2D eigenvalue weighted by atomic mass is 10.0. The third kappa shape index (κ3) is 13.0. The van der Waals surface area contributed by atoms with Crippen LogP contribution in [0.5, 0.6) is 5.75 Å². The van der Waals surface area contributed by atoms with Crippen molar-refractivity contribution in [2.24, 2.45) is 10.9 Å². The third-order valence-corrected chi connectivity index (χ3v) is 12.8. The van der Waals surface area contributed by atoms with Crippen molar-refractivity contribution >= 4 is 55.1 Å². The van der Waals surface area contributed by atoms with Crippen molar-refractivity contribution in [1.29, 1.82) is 0 Å². The quantitative estimate of drug-likeness (QED) is 0.0856. The van der Waals surface area contributed by atoms with Gasteiger partial charge >= 0.3 is 0 Å². The van der Waals surface area contributed by atoms with Crippen LogP contribution >= 0.6 is 0 Å². The number of unbranched alkanes of at least 4 members (excludes halogenated alkanes) is 13. The minimum atomic E-state index is -4.26. The van der Waals surface area contributed by atoms with Gasteiger partial charge in [0.1, 0.15) is 16.5 Å². The van der Waals surface area contributed by atoms with Gasteiger partial charge in [0, 0.05) is 12.6 Å². The number of fused-ring (bicyclic) bond motifs is 1. The SMILES string of the molecule is CCCCCCCCCCCCCCCCOc1ccc(S(=O)(=O)NC(=O)CC)cc1NC(=O)C(C)C1=Nc2ccccc2S(=O)(=O)N1C=Cc1ccccc1. The highest BCUT2D eigenvalue weighted by atomic mass is 32.2. The molecule has 1 atom stereocenters. The van der Waals surface area contributed by atoms with Gasteiger partial charge in [0.15, 0.2) is 0 Å². The summed E-state index contributed by atoms with van der Waals surface area (Å²) in [5, 5.41) is 2.77. The molecule has 1 aliphatic rings. The second kappa shape index (κ2) is 22.3. The highest BCUT2D eigenvalue weighted by Crippen LogP contribution is 2.35. The summed E-state index contributed by atoms with van der Waals surface area (Å²) in [6.45, 7) is 5.65. The Morgan fingerprint density at radius 3 is 2.02 bits per heavy atom. The molecule has 13 heteroatoms. The Balaban J connectivity index is 1.45. The molecule has 4 rings (SSSR count). The number of hydrogen-bond donors (Lipinski definition) is 2. The molecule has 11 nitrogen and oxygen atoms in total. The van der Waals surface area contributed by atoms with Crippen LogP contribution in [0.4, 0.5) is 11.4 Å². The van der Waals surface area contributed by atoms with Crippen LogP contribution in [0.15, 0.2) is 93.8 Å². The van der Waals surface area contributed by atoms with Gasteiger partial charge in [0.25, 0.3) is 20.0 Å². The first-order valence-corrected chi connectivity index (χ1v) is 23.0. The topological polar surface area (TPSA) is 151 Å². The number of nitrogens with zero attached hydrogens (tertiary/aromatic N) is 2. The average Bonchev–Trinajstić information content (AvgIpc) is 3.19. The van der Waals surface area contributed by atoms with Crippen molar-refractivity contribution in [3.05, 3.63) is 84.6 Å². The largest absolute Gasteiger partial charge is 0.491 e. The molecule has 0 aliphatic carbocycles. The molecule has 0 saturated carbocycles. The molecular formula is C43H58N4O7S2. The highest BCUT2D eigenvalue weighted by Gasteiger charge is 2.37. The molecule has 304 valence electrons. The Bertz CT molecular complexity index is 2020. The van der Waals surface area contributed by atoms with Crippen LogP contribution in [0, 0.1) is 5.92 Å². The van der Waals surface area contributed by atoms with Crippen LogP contribution in [0.3, 0.4) is 0 Å². The Kier molecular flexibility index (Phi) is 17.6.